The van der Waals surface area contributed by atoms with Gasteiger partial charge in [0.15, 0.2) is 0 Å². The van der Waals surface area contributed by atoms with Gasteiger partial charge in [-0.25, -0.2) is 4.99 Å². The Labute approximate surface area is 104 Å². The molecular weight excluding hydrogens is 210 g/mol. The summed E-state index contributed by atoms with van der Waals surface area (Å²) in [7, 11) is 1.93. The number of benzene rings is 1. The summed E-state index contributed by atoms with van der Waals surface area (Å²) in [5, 5.41) is 6.51. The van der Waals surface area contributed by atoms with Crippen molar-refractivity contribution in [2.45, 2.75) is 25.9 Å². The standard InChI is InChI=1S/C14H21N3/c1-11(2)17-14(16-4)10-13(15-3)12-8-6-5-7-9-12/h5-11,13,15,17H,4H2,1-3H3/b14-10+. The molecule has 0 spiro atoms. The van der Waals surface area contributed by atoms with Gasteiger partial charge in [-0.05, 0) is 39.3 Å². The van der Waals surface area contributed by atoms with E-state index in [1.807, 2.05) is 31.3 Å². The Morgan fingerprint density at radius 2 is 1.94 bits per heavy atom. The lowest BCUT2D eigenvalue weighted by Crippen LogP contribution is -2.23. The lowest BCUT2D eigenvalue weighted by atomic mass is 10.1. The minimum Gasteiger partial charge on any atom is -0.368 e. The van der Waals surface area contributed by atoms with E-state index in [1.165, 1.54) is 5.56 Å². The van der Waals surface area contributed by atoms with E-state index in [1.54, 1.807) is 0 Å². The van der Waals surface area contributed by atoms with Gasteiger partial charge in [0.2, 0.25) is 0 Å². The Morgan fingerprint density at radius 1 is 1.29 bits per heavy atom. The molecule has 1 aromatic carbocycles. The van der Waals surface area contributed by atoms with Crippen LogP contribution >= 0.6 is 0 Å². The fraction of sp³-hybridized carbons (Fsp3) is 0.357. The third-order valence-electron chi connectivity index (χ3n) is 2.40. The molecule has 3 heteroatoms. The first kappa shape index (κ1) is 13.5. The average Bonchev–Trinajstić information content (AvgIpc) is 2.35. The predicted octanol–water partition coefficient (Wildman–Crippen LogP) is 2.49. The Kier molecular flexibility index (Phi) is 5.43. The summed E-state index contributed by atoms with van der Waals surface area (Å²) in [4.78, 5) is 4.00. The van der Waals surface area contributed by atoms with E-state index >= 15 is 0 Å². The maximum Gasteiger partial charge on any atom is 0.123 e. The van der Waals surface area contributed by atoms with Crippen molar-refractivity contribution in [3.8, 4) is 0 Å². The van der Waals surface area contributed by atoms with Gasteiger partial charge in [0.1, 0.15) is 5.82 Å². The molecule has 17 heavy (non-hydrogen) atoms. The maximum atomic E-state index is 4.00. The summed E-state index contributed by atoms with van der Waals surface area (Å²) in [6.45, 7) is 7.75. The van der Waals surface area contributed by atoms with E-state index < -0.39 is 0 Å². The summed E-state index contributed by atoms with van der Waals surface area (Å²) in [5.41, 5.74) is 1.21. The molecule has 0 radical (unpaired) electrons. The van der Waals surface area contributed by atoms with Crippen molar-refractivity contribution in [2.24, 2.45) is 4.99 Å². The summed E-state index contributed by atoms with van der Waals surface area (Å²) in [6, 6.07) is 10.7. The Hall–Kier alpha value is -1.61. The quantitative estimate of drug-likeness (QED) is 0.738. The van der Waals surface area contributed by atoms with Crippen LogP contribution in [0.4, 0.5) is 0 Å². The van der Waals surface area contributed by atoms with Crippen LogP contribution in [0.3, 0.4) is 0 Å². The molecule has 3 nitrogen and oxygen atoms in total. The first-order valence-electron chi connectivity index (χ1n) is 5.84. The van der Waals surface area contributed by atoms with Crippen LogP contribution in [0, 0.1) is 0 Å². The van der Waals surface area contributed by atoms with Gasteiger partial charge < -0.3 is 10.6 Å². The first-order valence-corrected chi connectivity index (χ1v) is 5.84. The molecule has 0 aliphatic heterocycles. The van der Waals surface area contributed by atoms with Crippen LogP contribution in [0.2, 0.25) is 0 Å². The topological polar surface area (TPSA) is 36.4 Å². The number of hydrogen-bond acceptors (Lipinski definition) is 3. The fourth-order valence-electron chi connectivity index (χ4n) is 1.61. The Bertz CT molecular complexity index is 368. The van der Waals surface area contributed by atoms with Crippen molar-refractivity contribution in [3.63, 3.8) is 0 Å². The van der Waals surface area contributed by atoms with Crippen LogP contribution in [0.1, 0.15) is 25.5 Å². The second-order valence-corrected chi connectivity index (χ2v) is 4.19. The highest BCUT2D eigenvalue weighted by Crippen LogP contribution is 2.15. The van der Waals surface area contributed by atoms with Gasteiger partial charge in [-0.3, -0.25) is 0 Å². The van der Waals surface area contributed by atoms with Gasteiger partial charge in [-0.1, -0.05) is 30.3 Å². The number of nitrogens with one attached hydrogen (secondary N) is 2. The molecular formula is C14H21N3. The minimum absolute atomic E-state index is 0.142. The monoisotopic (exact) mass is 231 g/mol. The molecule has 1 rings (SSSR count). The molecule has 2 N–H and O–H groups in total. The molecule has 0 heterocycles. The summed E-state index contributed by atoms with van der Waals surface area (Å²) in [5.74, 6) is 0.809. The molecule has 0 amide bonds. The van der Waals surface area contributed by atoms with Gasteiger partial charge in [0.05, 0.1) is 6.04 Å². The predicted molar refractivity (Wildman–Crippen MR) is 74.1 cm³/mol. The summed E-state index contributed by atoms with van der Waals surface area (Å²) in [6.07, 6.45) is 2.04. The highest BCUT2D eigenvalue weighted by molar-refractivity contribution is 5.31. The van der Waals surface area contributed by atoms with E-state index in [0.29, 0.717) is 6.04 Å². The fourth-order valence-corrected chi connectivity index (χ4v) is 1.61. The molecule has 92 valence electrons. The zero-order valence-electron chi connectivity index (χ0n) is 10.8. The van der Waals surface area contributed by atoms with Gasteiger partial charge in [-0.15, -0.1) is 0 Å². The highest BCUT2D eigenvalue weighted by atomic mass is 15.0. The SMILES string of the molecule is C=N/C(=C\C(NC)c1ccccc1)NC(C)C. The van der Waals surface area contributed by atoms with Crippen LogP contribution in [0.25, 0.3) is 0 Å². The number of likely N-dealkylation sites (N-methyl/N-ethyl adjacent to an activating group) is 1. The van der Waals surface area contributed by atoms with E-state index in [-0.39, 0.29) is 6.04 Å². The Balaban J connectivity index is 2.87. The second-order valence-electron chi connectivity index (χ2n) is 4.19. The maximum absolute atomic E-state index is 4.00. The third kappa shape index (κ3) is 4.41. The molecule has 1 unspecified atom stereocenters. The lowest BCUT2D eigenvalue weighted by Gasteiger charge is -2.16. The van der Waals surface area contributed by atoms with Crippen LogP contribution in [-0.2, 0) is 0 Å². The zero-order valence-corrected chi connectivity index (χ0v) is 10.8. The van der Waals surface area contributed by atoms with Crippen LogP contribution in [0.15, 0.2) is 47.2 Å². The van der Waals surface area contributed by atoms with Gasteiger partial charge in [0, 0.05) is 6.04 Å². The van der Waals surface area contributed by atoms with Crippen LogP contribution < -0.4 is 10.6 Å². The molecule has 0 aliphatic carbocycles. The van der Waals surface area contributed by atoms with Crippen molar-refractivity contribution in [3.05, 3.63) is 47.8 Å². The highest BCUT2D eigenvalue weighted by Gasteiger charge is 2.07. The zero-order chi connectivity index (χ0) is 12.7. The number of rotatable bonds is 6. The number of nitrogens with zero attached hydrogens (tertiary/aromatic N) is 1. The van der Waals surface area contributed by atoms with E-state index in [2.05, 4.69) is 48.3 Å². The van der Waals surface area contributed by atoms with Crippen molar-refractivity contribution in [1.29, 1.82) is 0 Å². The molecule has 1 aromatic rings. The third-order valence-corrected chi connectivity index (χ3v) is 2.40. The smallest absolute Gasteiger partial charge is 0.123 e. The van der Waals surface area contributed by atoms with E-state index in [9.17, 15) is 0 Å². The van der Waals surface area contributed by atoms with Gasteiger partial charge in [-0.2, -0.15) is 0 Å². The first-order chi connectivity index (χ1) is 8.17. The van der Waals surface area contributed by atoms with Crippen LogP contribution in [-0.4, -0.2) is 19.8 Å². The van der Waals surface area contributed by atoms with Crippen molar-refractivity contribution >= 4 is 6.72 Å². The number of aliphatic imine (C=N–C) groups is 1. The largest absolute Gasteiger partial charge is 0.368 e. The van der Waals surface area contributed by atoms with E-state index in [4.69, 9.17) is 0 Å². The molecule has 0 bridgehead atoms. The normalized spacial score (nSPS) is 13.5. The van der Waals surface area contributed by atoms with Gasteiger partial charge >= 0.3 is 0 Å². The second kappa shape index (κ2) is 6.86. The number of hydrogen-bond donors (Lipinski definition) is 2. The van der Waals surface area contributed by atoms with Crippen molar-refractivity contribution < 1.29 is 0 Å². The van der Waals surface area contributed by atoms with Crippen molar-refractivity contribution in [2.75, 3.05) is 7.05 Å². The molecule has 0 saturated heterocycles. The van der Waals surface area contributed by atoms with Crippen molar-refractivity contribution in [1.82, 2.24) is 10.6 Å². The molecule has 0 aromatic heterocycles. The lowest BCUT2D eigenvalue weighted by molar-refractivity contribution is 0.642. The Morgan fingerprint density at radius 3 is 2.41 bits per heavy atom. The average molecular weight is 231 g/mol. The van der Waals surface area contributed by atoms with Gasteiger partial charge in [0.25, 0.3) is 0 Å². The molecule has 0 aliphatic rings. The summed E-state index contributed by atoms with van der Waals surface area (Å²) < 4.78 is 0. The van der Waals surface area contributed by atoms with E-state index in [0.717, 1.165) is 5.82 Å². The minimum atomic E-state index is 0.142. The molecule has 0 saturated carbocycles. The molecule has 1 atom stereocenters. The van der Waals surface area contributed by atoms with Crippen LogP contribution in [0.5, 0.6) is 0 Å². The molecule has 0 fully saturated rings. The summed E-state index contributed by atoms with van der Waals surface area (Å²) >= 11 is 0.